The molecule has 0 saturated heterocycles. The first-order valence-electron chi connectivity index (χ1n) is 3.60. The number of thiophene rings is 1. The molecule has 0 amide bonds. The van der Waals surface area contributed by atoms with Crippen LogP contribution < -0.4 is 0 Å². The lowest BCUT2D eigenvalue weighted by Gasteiger charge is -1.87. The minimum atomic E-state index is -1.01. The van der Waals surface area contributed by atoms with Gasteiger partial charge in [0.25, 0.3) is 0 Å². The molecule has 1 aromatic heterocycles. The summed E-state index contributed by atoms with van der Waals surface area (Å²) in [7, 11) is 0. The highest BCUT2D eigenvalue weighted by atomic mass is 32.1. The minimum Gasteiger partial charge on any atom is -0.477 e. The van der Waals surface area contributed by atoms with Gasteiger partial charge in [0.1, 0.15) is 10.7 Å². The van der Waals surface area contributed by atoms with E-state index in [2.05, 4.69) is 0 Å². The second-order valence-electron chi connectivity index (χ2n) is 2.57. The molecule has 0 fully saturated rings. The zero-order valence-electron chi connectivity index (χ0n) is 6.45. The third-order valence-electron chi connectivity index (χ3n) is 1.71. The molecule has 2 nitrogen and oxygen atoms in total. The Hall–Kier alpha value is -1.42. The average molecular weight is 196 g/mol. The fourth-order valence-corrected chi connectivity index (χ4v) is 2.04. The Labute approximate surface area is 77.2 Å². The van der Waals surface area contributed by atoms with Crippen molar-refractivity contribution < 1.29 is 14.3 Å². The highest BCUT2D eigenvalue weighted by molar-refractivity contribution is 7.20. The van der Waals surface area contributed by atoms with Crippen LogP contribution in [0.15, 0.2) is 24.3 Å². The first-order valence-corrected chi connectivity index (χ1v) is 4.41. The molecule has 0 aliphatic rings. The first kappa shape index (κ1) is 8.19. The van der Waals surface area contributed by atoms with E-state index in [4.69, 9.17) is 5.11 Å². The molecule has 1 N–H and O–H groups in total. The van der Waals surface area contributed by atoms with Crippen LogP contribution in [0, 0.1) is 5.82 Å². The van der Waals surface area contributed by atoms with E-state index in [1.807, 2.05) is 0 Å². The molecular formula is C9H5FO2S. The molecule has 4 heteroatoms. The molecule has 0 unspecified atom stereocenters. The van der Waals surface area contributed by atoms with Gasteiger partial charge in [-0.2, -0.15) is 0 Å². The number of benzene rings is 1. The number of hydrogen-bond donors (Lipinski definition) is 1. The highest BCUT2D eigenvalue weighted by Gasteiger charge is 2.10. The zero-order valence-corrected chi connectivity index (χ0v) is 7.27. The summed E-state index contributed by atoms with van der Waals surface area (Å²) < 4.78 is 13.5. The quantitative estimate of drug-likeness (QED) is 0.761. The van der Waals surface area contributed by atoms with Crippen molar-refractivity contribution in [2.75, 3.05) is 0 Å². The Morgan fingerprint density at radius 3 is 2.85 bits per heavy atom. The first-order chi connectivity index (χ1) is 6.18. The van der Waals surface area contributed by atoms with Crippen LogP contribution in [0.5, 0.6) is 0 Å². The highest BCUT2D eigenvalue weighted by Crippen LogP contribution is 2.27. The van der Waals surface area contributed by atoms with E-state index in [1.54, 1.807) is 12.1 Å². The molecule has 13 heavy (non-hydrogen) atoms. The summed E-state index contributed by atoms with van der Waals surface area (Å²) in [6.07, 6.45) is 0. The van der Waals surface area contributed by atoms with Crippen LogP contribution >= 0.6 is 11.3 Å². The molecule has 2 rings (SSSR count). The molecule has 1 heterocycles. The smallest absolute Gasteiger partial charge is 0.345 e. The van der Waals surface area contributed by atoms with Crippen molar-refractivity contribution in [2.24, 2.45) is 0 Å². The number of halogens is 1. The van der Waals surface area contributed by atoms with Gasteiger partial charge in [-0.05, 0) is 17.5 Å². The van der Waals surface area contributed by atoms with E-state index in [1.165, 1.54) is 12.1 Å². The third kappa shape index (κ3) is 1.29. The second-order valence-corrected chi connectivity index (χ2v) is 3.63. The minimum absolute atomic E-state index is 0.167. The summed E-state index contributed by atoms with van der Waals surface area (Å²) in [5, 5.41) is 9.31. The van der Waals surface area contributed by atoms with Gasteiger partial charge in [0.2, 0.25) is 0 Å². The summed E-state index contributed by atoms with van der Waals surface area (Å²) in [4.78, 5) is 10.7. The third-order valence-corrected chi connectivity index (χ3v) is 2.85. The Kier molecular flexibility index (Phi) is 1.77. The molecule has 0 atom stereocenters. The zero-order chi connectivity index (χ0) is 9.42. The molecule has 0 bridgehead atoms. The average Bonchev–Trinajstić information content (AvgIpc) is 2.49. The van der Waals surface area contributed by atoms with Crippen LogP contribution in [0.1, 0.15) is 9.67 Å². The van der Waals surface area contributed by atoms with Gasteiger partial charge in [-0.25, -0.2) is 9.18 Å². The van der Waals surface area contributed by atoms with E-state index in [0.717, 1.165) is 11.3 Å². The van der Waals surface area contributed by atoms with Gasteiger partial charge in [0, 0.05) is 0 Å². The number of carboxylic acids is 1. The van der Waals surface area contributed by atoms with Crippen molar-refractivity contribution in [3.8, 4) is 0 Å². The van der Waals surface area contributed by atoms with Crippen molar-refractivity contribution in [2.45, 2.75) is 0 Å². The molecule has 2 aromatic rings. The van der Waals surface area contributed by atoms with Gasteiger partial charge in [0.15, 0.2) is 0 Å². The lowest BCUT2D eigenvalue weighted by atomic mass is 10.2. The van der Waals surface area contributed by atoms with Crippen LogP contribution in [0.2, 0.25) is 0 Å². The summed E-state index contributed by atoms with van der Waals surface area (Å²) >= 11 is 0.957. The van der Waals surface area contributed by atoms with E-state index in [0.29, 0.717) is 10.1 Å². The van der Waals surface area contributed by atoms with E-state index < -0.39 is 5.97 Å². The van der Waals surface area contributed by atoms with Crippen molar-refractivity contribution in [3.63, 3.8) is 0 Å². The predicted octanol–water partition coefficient (Wildman–Crippen LogP) is 2.74. The maximum atomic E-state index is 13.1. The molecule has 0 spiro atoms. The van der Waals surface area contributed by atoms with Crippen LogP contribution in [0.3, 0.4) is 0 Å². The molecule has 0 aliphatic carbocycles. The second kappa shape index (κ2) is 2.81. The van der Waals surface area contributed by atoms with Gasteiger partial charge in [-0.1, -0.05) is 12.1 Å². The fraction of sp³-hybridized carbons (Fsp3) is 0. The van der Waals surface area contributed by atoms with Crippen molar-refractivity contribution >= 4 is 27.4 Å². The largest absolute Gasteiger partial charge is 0.477 e. The summed E-state index contributed by atoms with van der Waals surface area (Å²) in [6.45, 7) is 0. The molecule has 0 aliphatic heterocycles. The maximum Gasteiger partial charge on any atom is 0.345 e. The maximum absolute atomic E-state index is 13.1. The number of hydrogen-bond acceptors (Lipinski definition) is 2. The molecule has 66 valence electrons. The van der Waals surface area contributed by atoms with Gasteiger partial charge in [-0.15, -0.1) is 11.3 Å². The van der Waals surface area contributed by atoms with Gasteiger partial charge in [0.05, 0.1) is 4.70 Å². The normalized spacial score (nSPS) is 10.5. The molecule has 0 radical (unpaired) electrons. The van der Waals surface area contributed by atoms with Crippen molar-refractivity contribution in [1.82, 2.24) is 0 Å². The van der Waals surface area contributed by atoms with Crippen LogP contribution in [-0.2, 0) is 0 Å². The monoisotopic (exact) mass is 196 g/mol. The Balaban J connectivity index is 2.75. The molecule has 1 aromatic carbocycles. The number of rotatable bonds is 1. The molecule has 0 saturated carbocycles. The van der Waals surface area contributed by atoms with Crippen LogP contribution in [-0.4, -0.2) is 11.1 Å². The van der Waals surface area contributed by atoms with E-state index in [9.17, 15) is 9.18 Å². The topological polar surface area (TPSA) is 37.3 Å². The van der Waals surface area contributed by atoms with Crippen LogP contribution in [0.4, 0.5) is 4.39 Å². The summed E-state index contributed by atoms with van der Waals surface area (Å²) in [6, 6.07) is 6.06. The van der Waals surface area contributed by atoms with Gasteiger partial charge in [-0.3, -0.25) is 0 Å². The predicted molar refractivity (Wildman–Crippen MR) is 48.7 cm³/mol. The SMILES string of the molecule is O=C(O)c1cc2cccc(F)c2s1. The Bertz CT molecular complexity index is 475. The van der Waals surface area contributed by atoms with E-state index in [-0.39, 0.29) is 10.7 Å². The van der Waals surface area contributed by atoms with Gasteiger partial charge < -0.3 is 5.11 Å². The van der Waals surface area contributed by atoms with Crippen molar-refractivity contribution in [3.05, 3.63) is 35.0 Å². The lowest BCUT2D eigenvalue weighted by molar-refractivity contribution is 0.0702. The fourth-order valence-electron chi connectivity index (χ4n) is 1.13. The van der Waals surface area contributed by atoms with E-state index >= 15 is 0 Å². The van der Waals surface area contributed by atoms with Gasteiger partial charge >= 0.3 is 5.97 Å². The van der Waals surface area contributed by atoms with Crippen LogP contribution in [0.25, 0.3) is 10.1 Å². The number of fused-ring (bicyclic) bond motifs is 1. The summed E-state index contributed by atoms with van der Waals surface area (Å²) in [5.41, 5.74) is 0. The van der Waals surface area contributed by atoms with Crippen molar-refractivity contribution in [1.29, 1.82) is 0 Å². The molecular weight excluding hydrogens is 191 g/mol. The Morgan fingerprint density at radius 1 is 1.46 bits per heavy atom. The lowest BCUT2D eigenvalue weighted by Crippen LogP contribution is -1.89. The number of aromatic carboxylic acids is 1. The Morgan fingerprint density at radius 2 is 2.23 bits per heavy atom. The summed E-state index contributed by atoms with van der Waals surface area (Å²) in [5.74, 6) is -1.38. The number of carbonyl (C=O) groups is 1. The standard InChI is InChI=1S/C9H5FO2S/c10-6-3-1-2-5-4-7(9(11)12)13-8(5)6/h1-4H,(H,11,12). The number of carboxylic acid groups (broad SMARTS) is 1.